The fourth-order valence-corrected chi connectivity index (χ4v) is 3.93. The van der Waals surface area contributed by atoms with Crippen LogP contribution in [0.1, 0.15) is 24.9 Å². The molecule has 1 amide bonds. The first-order valence-electron chi connectivity index (χ1n) is 11.4. The number of β-lactam (4-membered cyclic amide) rings is 1. The SMILES string of the molecule is C=CCN(CC=C)CCCON=C(C)/C=C1/C(=O)N(c2ccc(OC)cc2)C1c1ccccc1. The third-order valence-corrected chi connectivity index (χ3v) is 5.54. The Morgan fingerprint density at radius 2 is 1.76 bits per heavy atom. The van der Waals surface area contributed by atoms with Crippen molar-refractivity contribution < 1.29 is 14.4 Å². The van der Waals surface area contributed by atoms with Crippen LogP contribution in [0.4, 0.5) is 5.69 Å². The molecule has 0 spiro atoms. The number of allylic oxidation sites excluding steroid dienone is 1. The van der Waals surface area contributed by atoms with Gasteiger partial charge in [-0.05, 0) is 49.2 Å². The van der Waals surface area contributed by atoms with E-state index in [0.29, 0.717) is 17.9 Å². The Balaban J connectivity index is 1.68. The number of benzene rings is 2. The second kappa shape index (κ2) is 12.6. The van der Waals surface area contributed by atoms with Gasteiger partial charge in [-0.15, -0.1) is 13.2 Å². The Labute approximate surface area is 202 Å². The van der Waals surface area contributed by atoms with Crippen molar-refractivity contribution in [3.05, 3.63) is 97.1 Å². The second-order valence-corrected chi connectivity index (χ2v) is 8.04. The first kappa shape index (κ1) is 25.0. The lowest BCUT2D eigenvalue weighted by atomic mass is 9.86. The van der Waals surface area contributed by atoms with E-state index in [-0.39, 0.29) is 11.9 Å². The van der Waals surface area contributed by atoms with E-state index in [9.17, 15) is 4.79 Å². The average molecular weight is 460 g/mol. The molecule has 1 fully saturated rings. The number of hydrogen-bond acceptors (Lipinski definition) is 5. The lowest BCUT2D eigenvalue weighted by Gasteiger charge is -2.43. The number of methoxy groups -OCH3 is 1. The highest BCUT2D eigenvalue weighted by molar-refractivity contribution is 6.18. The summed E-state index contributed by atoms with van der Waals surface area (Å²) >= 11 is 0. The maximum atomic E-state index is 13.1. The van der Waals surface area contributed by atoms with E-state index in [1.165, 1.54) is 0 Å². The monoisotopic (exact) mass is 459 g/mol. The molecule has 1 aliphatic rings. The zero-order valence-electron chi connectivity index (χ0n) is 20.0. The van der Waals surface area contributed by atoms with Crippen LogP contribution < -0.4 is 9.64 Å². The molecule has 2 aromatic rings. The van der Waals surface area contributed by atoms with Crippen LogP contribution in [-0.2, 0) is 9.63 Å². The fraction of sp³-hybridized carbons (Fsp3) is 0.286. The molecule has 6 heteroatoms. The molecule has 6 nitrogen and oxygen atoms in total. The number of rotatable bonds is 13. The minimum Gasteiger partial charge on any atom is -0.497 e. The first-order chi connectivity index (χ1) is 16.6. The summed E-state index contributed by atoms with van der Waals surface area (Å²) in [5.41, 5.74) is 3.22. The maximum absolute atomic E-state index is 13.1. The summed E-state index contributed by atoms with van der Waals surface area (Å²) in [5.74, 6) is 0.707. The molecule has 1 saturated heterocycles. The Morgan fingerprint density at radius 3 is 2.38 bits per heavy atom. The van der Waals surface area contributed by atoms with Crippen molar-refractivity contribution in [1.82, 2.24) is 4.90 Å². The topological polar surface area (TPSA) is 54.4 Å². The number of amides is 1. The number of carbonyl (C=O) groups is 1. The van der Waals surface area contributed by atoms with Crippen LogP contribution in [0.3, 0.4) is 0 Å². The molecule has 2 aromatic carbocycles. The molecular weight excluding hydrogens is 426 g/mol. The van der Waals surface area contributed by atoms with Gasteiger partial charge in [0, 0.05) is 30.9 Å². The number of oxime groups is 1. The van der Waals surface area contributed by atoms with E-state index in [0.717, 1.165) is 43.1 Å². The van der Waals surface area contributed by atoms with Gasteiger partial charge in [0.05, 0.1) is 18.9 Å². The van der Waals surface area contributed by atoms with Gasteiger partial charge in [-0.1, -0.05) is 47.6 Å². The van der Waals surface area contributed by atoms with Gasteiger partial charge in [-0.2, -0.15) is 0 Å². The largest absolute Gasteiger partial charge is 0.497 e. The highest BCUT2D eigenvalue weighted by Gasteiger charge is 2.43. The van der Waals surface area contributed by atoms with Crippen molar-refractivity contribution in [3.8, 4) is 5.75 Å². The summed E-state index contributed by atoms with van der Waals surface area (Å²) in [6.45, 7) is 12.4. The summed E-state index contributed by atoms with van der Waals surface area (Å²) < 4.78 is 5.25. The molecule has 0 radical (unpaired) electrons. The van der Waals surface area contributed by atoms with Crippen LogP contribution in [0.15, 0.2) is 96.7 Å². The molecule has 0 aromatic heterocycles. The van der Waals surface area contributed by atoms with Crippen molar-refractivity contribution in [2.24, 2.45) is 5.16 Å². The lowest BCUT2D eigenvalue weighted by Crippen LogP contribution is -2.49. The molecule has 1 atom stereocenters. The van der Waals surface area contributed by atoms with E-state index in [2.05, 4.69) is 23.2 Å². The molecule has 1 heterocycles. The summed E-state index contributed by atoms with van der Waals surface area (Å²) in [7, 11) is 1.63. The predicted octanol–water partition coefficient (Wildman–Crippen LogP) is 5.17. The number of hydrogen-bond donors (Lipinski definition) is 0. The number of nitrogens with zero attached hydrogens (tertiary/aromatic N) is 3. The zero-order chi connectivity index (χ0) is 24.3. The van der Waals surface area contributed by atoms with Crippen LogP contribution in [-0.4, -0.2) is 49.9 Å². The minimum absolute atomic E-state index is 0.0435. The third-order valence-electron chi connectivity index (χ3n) is 5.54. The molecule has 1 aliphatic heterocycles. The van der Waals surface area contributed by atoms with Gasteiger partial charge in [-0.3, -0.25) is 14.6 Å². The standard InChI is InChI=1S/C28H33N3O3/c1-5-17-30(18-6-2)19-10-20-34-29-22(3)21-26-27(23-11-8-7-9-12-23)31(28(26)32)24-13-15-25(33-4)16-14-24/h5-9,11-16,21,27H,1-2,10,17-20H2,3-4H3/b26-21+,29-22?. The van der Waals surface area contributed by atoms with Crippen molar-refractivity contribution in [3.63, 3.8) is 0 Å². The quantitative estimate of drug-likeness (QED) is 0.104. The summed E-state index contributed by atoms with van der Waals surface area (Å²) in [5, 5.41) is 4.21. The highest BCUT2D eigenvalue weighted by Crippen LogP contribution is 2.43. The van der Waals surface area contributed by atoms with Gasteiger partial charge >= 0.3 is 0 Å². The van der Waals surface area contributed by atoms with Gasteiger partial charge in [0.25, 0.3) is 5.91 Å². The molecule has 34 heavy (non-hydrogen) atoms. The Bertz CT molecular complexity index is 1020. The van der Waals surface area contributed by atoms with E-state index >= 15 is 0 Å². The number of ether oxygens (including phenoxy) is 1. The number of carbonyl (C=O) groups excluding carboxylic acids is 1. The molecule has 0 bridgehead atoms. The predicted molar refractivity (Wildman–Crippen MR) is 138 cm³/mol. The van der Waals surface area contributed by atoms with Crippen LogP contribution in [0, 0.1) is 0 Å². The maximum Gasteiger partial charge on any atom is 0.257 e. The van der Waals surface area contributed by atoms with Gasteiger partial charge in [-0.25, -0.2) is 0 Å². The van der Waals surface area contributed by atoms with E-state index < -0.39 is 0 Å². The molecular formula is C28H33N3O3. The van der Waals surface area contributed by atoms with Crippen LogP contribution in [0.2, 0.25) is 0 Å². The Morgan fingerprint density at radius 1 is 1.09 bits per heavy atom. The van der Waals surface area contributed by atoms with E-state index in [1.807, 2.05) is 79.7 Å². The van der Waals surface area contributed by atoms with Crippen molar-refractivity contribution in [1.29, 1.82) is 0 Å². The highest BCUT2D eigenvalue weighted by atomic mass is 16.6. The van der Waals surface area contributed by atoms with Crippen molar-refractivity contribution in [2.45, 2.75) is 19.4 Å². The van der Waals surface area contributed by atoms with Gasteiger partial charge in [0.1, 0.15) is 12.4 Å². The van der Waals surface area contributed by atoms with Gasteiger partial charge in [0.15, 0.2) is 0 Å². The number of anilines is 1. The molecule has 0 saturated carbocycles. The molecule has 178 valence electrons. The zero-order valence-corrected chi connectivity index (χ0v) is 20.0. The van der Waals surface area contributed by atoms with E-state index in [4.69, 9.17) is 9.57 Å². The summed E-state index contributed by atoms with van der Waals surface area (Å²) in [6, 6.07) is 17.3. The minimum atomic E-state index is -0.182. The Hall–Kier alpha value is -3.64. The van der Waals surface area contributed by atoms with Crippen LogP contribution in [0.5, 0.6) is 5.75 Å². The van der Waals surface area contributed by atoms with Gasteiger partial charge in [0.2, 0.25) is 0 Å². The lowest BCUT2D eigenvalue weighted by molar-refractivity contribution is -0.119. The first-order valence-corrected chi connectivity index (χ1v) is 11.4. The van der Waals surface area contributed by atoms with E-state index in [1.54, 1.807) is 12.0 Å². The molecule has 3 rings (SSSR count). The van der Waals surface area contributed by atoms with Crippen LogP contribution in [0.25, 0.3) is 0 Å². The molecule has 0 N–H and O–H groups in total. The van der Waals surface area contributed by atoms with Crippen molar-refractivity contribution >= 4 is 17.3 Å². The van der Waals surface area contributed by atoms with Crippen molar-refractivity contribution in [2.75, 3.05) is 38.3 Å². The summed E-state index contributed by atoms with van der Waals surface area (Å²) in [4.78, 5) is 22.7. The smallest absolute Gasteiger partial charge is 0.257 e. The van der Waals surface area contributed by atoms with Crippen LogP contribution >= 0.6 is 0 Å². The third kappa shape index (κ3) is 6.23. The summed E-state index contributed by atoms with van der Waals surface area (Å²) in [6.07, 6.45) is 6.42. The average Bonchev–Trinajstić information content (AvgIpc) is 2.86. The fourth-order valence-electron chi connectivity index (χ4n) is 3.93. The normalized spacial score (nSPS) is 17.0. The molecule has 0 aliphatic carbocycles. The second-order valence-electron chi connectivity index (χ2n) is 8.04. The van der Waals surface area contributed by atoms with Gasteiger partial charge < -0.3 is 9.57 Å². The molecule has 1 unspecified atom stereocenters. The Kier molecular flexibility index (Phi) is 9.23.